The molecule has 0 fully saturated rings. The molecule has 0 saturated carbocycles. The molecule has 12 heteroatoms. The van der Waals surface area contributed by atoms with E-state index in [9.17, 15) is 17.2 Å². The summed E-state index contributed by atoms with van der Waals surface area (Å²) in [6.07, 6.45) is -0.813. The van der Waals surface area contributed by atoms with Crippen molar-refractivity contribution >= 4 is 54.4 Å². The molecule has 144 valence electrons. The van der Waals surface area contributed by atoms with Crippen molar-refractivity contribution < 1.29 is 21.9 Å². The van der Waals surface area contributed by atoms with Crippen LogP contribution in [0, 0.1) is 0 Å². The molecule has 2 heterocycles. The van der Waals surface area contributed by atoms with Crippen LogP contribution in [0.3, 0.4) is 0 Å². The Kier molecular flexibility index (Phi) is 5.54. The van der Waals surface area contributed by atoms with Crippen LogP contribution in [0.4, 0.5) is 14.7 Å². The van der Waals surface area contributed by atoms with Crippen LogP contribution in [-0.2, 0) is 16.4 Å². The summed E-state index contributed by atoms with van der Waals surface area (Å²) in [6.45, 7) is 0. The molecule has 27 heavy (non-hydrogen) atoms. The molecule has 0 atom stereocenters. The number of alkyl halides is 2. The molecule has 0 aliphatic carbocycles. The first-order valence-corrected chi connectivity index (χ1v) is 10.0. The average Bonchev–Trinajstić information content (AvgIpc) is 3.04. The molecule has 3 rings (SSSR count). The lowest BCUT2D eigenvalue weighted by Gasteiger charge is -2.10. The van der Waals surface area contributed by atoms with E-state index in [0.717, 1.165) is 6.20 Å². The number of nitrogens with zero attached hydrogens (tertiary/aromatic N) is 2. The van der Waals surface area contributed by atoms with E-state index in [2.05, 4.69) is 35.6 Å². The van der Waals surface area contributed by atoms with Gasteiger partial charge >= 0.3 is 0 Å². The van der Waals surface area contributed by atoms with Gasteiger partial charge in [-0.15, -0.1) is 0 Å². The number of H-pyrrole nitrogens is 1. The number of fused-ring (bicyclic) bond motifs is 1. The number of methoxy groups -OCH3 is 1. The molecule has 0 saturated heterocycles. The lowest BCUT2D eigenvalue weighted by atomic mass is 10.2. The maximum Gasteiger partial charge on any atom is 0.266 e. The number of rotatable bonds is 6. The smallest absolute Gasteiger partial charge is 0.266 e. The fourth-order valence-electron chi connectivity index (χ4n) is 2.43. The Bertz CT molecular complexity index is 1110. The molecule has 0 radical (unpaired) electrons. The zero-order valence-electron chi connectivity index (χ0n) is 13.6. The largest absolute Gasteiger partial charge is 0.481 e. The number of anilines is 1. The maximum atomic E-state index is 12.7. The normalized spacial score (nSPS) is 11.9. The van der Waals surface area contributed by atoms with E-state index in [1.54, 1.807) is 12.1 Å². The van der Waals surface area contributed by atoms with Gasteiger partial charge in [-0.1, -0.05) is 11.6 Å². The summed E-state index contributed by atoms with van der Waals surface area (Å²) in [4.78, 5) is 10.4. The molecule has 0 aliphatic rings. The quantitative estimate of drug-likeness (QED) is 0.555. The predicted octanol–water partition coefficient (Wildman–Crippen LogP) is 3.99. The second-order valence-corrected chi connectivity index (χ2v) is 8.22. The van der Waals surface area contributed by atoms with Crippen LogP contribution in [-0.4, -0.2) is 36.9 Å². The number of aromatic amines is 1. The Morgan fingerprint density at radius 3 is 2.81 bits per heavy atom. The predicted molar refractivity (Wildman–Crippen MR) is 100 cm³/mol. The lowest BCUT2D eigenvalue weighted by molar-refractivity contribution is 0.147. The van der Waals surface area contributed by atoms with Gasteiger partial charge in [0.1, 0.15) is 4.90 Å². The highest BCUT2D eigenvalue weighted by molar-refractivity contribution is 9.10. The van der Waals surface area contributed by atoms with Gasteiger partial charge in [0, 0.05) is 29.8 Å². The molecular weight excluding hydrogens is 470 g/mol. The standard InChI is InChI=1S/C15H12BrClF2N4O3S/c1-26-14-7(4-11(18)19)5-21-15(22-14)23-27(24,25)10-6-20-13-8(10)2-3-9(17)12(13)16/h2-3,5-6,11,20H,4H2,1H3,(H,21,22,23). The number of aromatic nitrogens is 3. The Hall–Kier alpha value is -1.98. The van der Waals surface area contributed by atoms with Crippen molar-refractivity contribution in [1.29, 1.82) is 0 Å². The van der Waals surface area contributed by atoms with E-state index in [1.807, 2.05) is 0 Å². The summed E-state index contributed by atoms with van der Waals surface area (Å²) < 4.78 is 58.2. The molecule has 0 amide bonds. The monoisotopic (exact) mass is 480 g/mol. The Morgan fingerprint density at radius 1 is 1.41 bits per heavy atom. The first-order chi connectivity index (χ1) is 12.7. The Labute approximate surface area is 166 Å². The van der Waals surface area contributed by atoms with Gasteiger partial charge in [-0.3, -0.25) is 0 Å². The highest BCUT2D eigenvalue weighted by atomic mass is 79.9. The van der Waals surface area contributed by atoms with Crippen LogP contribution >= 0.6 is 27.5 Å². The lowest BCUT2D eigenvalue weighted by Crippen LogP contribution is -2.15. The van der Waals surface area contributed by atoms with Crippen molar-refractivity contribution in [3.8, 4) is 5.88 Å². The van der Waals surface area contributed by atoms with E-state index in [-0.39, 0.29) is 22.3 Å². The fourth-order valence-corrected chi connectivity index (χ4v) is 4.17. The minimum Gasteiger partial charge on any atom is -0.481 e. The van der Waals surface area contributed by atoms with E-state index in [1.165, 1.54) is 13.3 Å². The van der Waals surface area contributed by atoms with E-state index >= 15 is 0 Å². The number of halogens is 4. The third-order valence-electron chi connectivity index (χ3n) is 3.62. The topological polar surface area (TPSA) is 97.0 Å². The highest BCUT2D eigenvalue weighted by Crippen LogP contribution is 2.34. The SMILES string of the molecule is COc1nc(NS(=O)(=O)c2c[nH]c3c(Br)c(Cl)ccc23)ncc1CC(F)F. The van der Waals surface area contributed by atoms with Crippen molar-refractivity contribution in [1.82, 2.24) is 15.0 Å². The zero-order chi connectivity index (χ0) is 19.8. The van der Waals surface area contributed by atoms with Gasteiger partial charge in [0.2, 0.25) is 18.3 Å². The zero-order valence-corrected chi connectivity index (χ0v) is 16.8. The summed E-state index contributed by atoms with van der Waals surface area (Å²) >= 11 is 9.30. The van der Waals surface area contributed by atoms with Gasteiger partial charge < -0.3 is 9.72 Å². The van der Waals surface area contributed by atoms with Gasteiger partial charge in [-0.05, 0) is 28.1 Å². The van der Waals surface area contributed by atoms with Crippen molar-refractivity contribution in [2.24, 2.45) is 0 Å². The molecule has 3 aromatic rings. The first kappa shape index (κ1) is 19.8. The fraction of sp³-hybridized carbons (Fsp3) is 0.200. The van der Waals surface area contributed by atoms with E-state index < -0.39 is 22.9 Å². The van der Waals surface area contributed by atoms with Crippen molar-refractivity contribution in [2.45, 2.75) is 17.7 Å². The highest BCUT2D eigenvalue weighted by Gasteiger charge is 2.23. The molecule has 2 aromatic heterocycles. The van der Waals surface area contributed by atoms with Crippen molar-refractivity contribution in [3.63, 3.8) is 0 Å². The molecule has 0 unspecified atom stereocenters. The van der Waals surface area contributed by atoms with Gasteiger partial charge in [0.05, 0.1) is 22.1 Å². The first-order valence-electron chi connectivity index (χ1n) is 7.39. The second kappa shape index (κ2) is 7.56. The summed E-state index contributed by atoms with van der Waals surface area (Å²) in [5, 5.41) is 0.823. The molecular formula is C15H12BrClF2N4O3S. The number of nitrogens with one attached hydrogen (secondary N) is 2. The summed E-state index contributed by atoms with van der Waals surface area (Å²) in [7, 11) is -2.81. The molecule has 1 aromatic carbocycles. The Balaban J connectivity index is 1.97. The Morgan fingerprint density at radius 2 is 2.15 bits per heavy atom. The third kappa shape index (κ3) is 3.99. The van der Waals surface area contributed by atoms with Crippen LogP contribution in [0.5, 0.6) is 5.88 Å². The number of benzene rings is 1. The van der Waals surface area contributed by atoms with Gasteiger partial charge in [0.15, 0.2) is 0 Å². The van der Waals surface area contributed by atoms with Gasteiger partial charge in [0.25, 0.3) is 10.0 Å². The van der Waals surface area contributed by atoms with Gasteiger partial charge in [-0.25, -0.2) is 26.9 Å². The van der Waals surface area contributed by atoms with Crippen LogP contribution in [0.15, 0.2) is 33.9 Å². The van der Waals surface area contributed by atoms with E-state index in [4.69, 9.17) is 16.3 Å². The minimum atomic E-state index is -4.06. The minimum absolute atomic E-state index is 0.0471. The molecule has 2 N–H and O–H groups in total. The number of sulfonamides is 1. The van der Waals surface area contributed by atoms with Crippen molar-refractivity contribution in [3.05, 3.63) is 39.6 Å². The number of hydrogen-bond donors (Lipinski definition) is 2. The maximum absolute atomic E-state index is 12.7. The molecule has 0 aliphatic heterocycles. The second-order valence-electron chi connectivity index (χ2n) is 5.37. The molecule has 0 bridgehead atoms. The van der Waals surface area contributed by atoms with E-state index in [0.29, 0.717) is 20.4 Å². The van der Waals surface area contributed by atoms with Crippen LogP contribution in [0.2, 0.25) is 5.02 Å². The van der Waals surface area contributed by atoms with Gasteiger partial charge in [-0.2, -0.15) is 4.98 Å². The summed E-state index contributed by atoms with van der Waals surface area (Å²) in [5.41, 5.74) is 0.578. The van der Waals surface area contributed by atoms with Crippen molar-refractivity contribution in [2.75, 3.05) is 11.8 Å². The summed E-state index contributed by atoms with van der Waals surface area (Å²) in [6, 6.07) is 3.11. The molecule has 0 spiro atoms. The number of hydrogen-bond acceptors (Lipinski definition) is 5. The van der Waals surface area contributed by atoms with Crippen LogP contribution in [0.1, 0.15) is 5.56 Å². The average molecular weight is 482 g/mol. The van der Waals surface area contributed by atoms with Crippen LogP contribution < -0.4 is 9.46 Å². The third-order valence-corrected chi connectivity index (χ3v) is 6.35. The van der Waals surface area contributed by atoms with Crippen LogP contribution in [0.25, 0.3) is 10.9 Å². The molecule has 7 nitrogen and oxygen atoms in total. The summed E-state index contributed by atoms with van der Waals surface area (Å²) in [5.74, 6) is -0.427. The number of ether oxygens (including phenoxy) is 1.